The van der Waals surface area contributed by atoms with Crippen molar-refractivity contribution in [3.05, 3.63) is 66.4 Å². The number of halogens is 2. The Bertz CT molecular complexity index is 1480. The maximum absolute atomic E-state index is 13.6. The lowest BCUT2D eigenvalue weighted by Crippen LogP contribution is -2.46. The second kappa shape index (κ2) is 10.7. The minimum absolute atomic E-state index is 0.157. The van der Waals surface area contributed by atoms with E-state index in [1.165, 1.54) is 12.4 Å². The van der Waals surface area contributed by atoms with Gasteiger partial charge in [-0.1, -0.05) is 6.92 Å². The predicted molar refractivity (Wildman–Crippen MR) is 138 cm³/mol. The Balaban J connectivity index is 1.21. The zero-order chi connectivity index (χ0) is 26.7. The SMILES string of the molecule is CCCN(CCCC1CC(CC#N)(n2cc(-c3ncnc4[nH]ccc34)cn2)C1)C(=O)c1ccc(F)c(F)c1. The number of hydrogen-bond donors (Lipinski definition) is 1. The topological polar surface area (TPSA) is 103 Å². The first-order valence-corrected chi connectivity index (χ1v) is 12.9. The first-order valence-electron chi connectivity index (χ1n) is 12.9. The number of carbonyl (C=O) groups is 1. The third-order valence-corrected chi connectivity index (χ3v) is 7.43. The van der Waals surface area contributed by atoms with Crippen LogP contribution in [0.1, 0.15) is 55.8 Å². The van der Waals surface area contributed by atoms with Gasteiger partial charge in [0.05, 0.1) is 29.9 Å². The molecule has 8 nitrogen and oxygen atoms in total. The van der Waals surface area contributed by atoms with E-state index >= 15 is 0 Å². The first-order chi connectivity index (χ1) is 18.4. The van der Waals surface area contributed by atoms with Crippen molar-refractivity contribution in [1.82, 2.24) is 29.6 Å². The van der Waals surface area contributed by atoms with E-state index in [2.05, 4.69) is 26.1 Å². The Morgan fingerprint density at radius 3 is 2.84 bits per heavy atom. The van der Waals surface area contributed by atoms with Gasteiger partial charge in [-0.3, -0.25) is 9.48 Å². The van der Waals surface area contributed by atoms with Gasteiger partial charge in [-0.15, -0.1) is 0 Å². The molecule has 0 atom stereocenters. The summed E-state index contributed by atoms with van der Waals surface area (Å²) in [6, 6.07) is 7.55. The predicted octanol–water partition coefficient (Wildman–Crippen LogP) is 5.45. The standard InChI is InChI=1S/C28H29F2N7O/c1-2-11-36(27(38)20-5-6-23(29)24(30)13-20)12-3-4-19-14-28(15-19,8-9-31)37-17-21(16-35-37)25-22-7-10-32-26(22)34-18-33-25/h5-7,10,13,16-19H,2-4,8,11-12,14-15H2,1H3,(H,32,33,34). The van der Waals surface area contributed by atoms with Crippen LogP contribution < -0.4 is 0 Å². The van der Waals surface area contributed by atoms with Crippen LogP contribution in [0.15, 0.2) is 49.2 Å². The van der Waals surface area contributed by atoms with Crippen molar-refractivity contribution in [2.24, 2.45) is 5.92 Å². The van der Waals surface area contributed by atoms with Crippen LogP contribution in [-0.2, 0) is 5.54 Å². The molecule has 1 aliphatic carbocycles. The van der Waals surface area contributed by atoms with Crippen molar-refractivity contribution in [2.45, 2.75) is 51.0 Å². The molecule has 10 heteroatoms. The lowest BCUT2D eigenvalue weighted by Gasteiger charge is -2.47. The maximum Gasteiger partial charge on any atom is 0.253 e. The Morgan fingerprint density at radius 2 is 2.08 bits per heavy atom. The first kappa shape index (κ1) is 25.5. The molecule has 0 saturated heterocycles. The van der Waals surface area contributed by atoms with E-state index in [-0.39, 0.29) is 17.0 Å². The summed E-state index contributed by atoms with van der Waals surface area (Å²) in [6.45, 7) is 3.07. The fourth-order valence-corrected chi connectivity index (χ4v) is 5.55. The molecular formula is C28H29F2N7O. The summed E-state index contributed by atoms with van der Waals surface area (Å²) in [5, 5.41) is 15.1. The van der Waals surface area contributed by atoms with E-state index in [0.717, 1.165) is 66.5 Å². The quantitative estimate of drug-likeness (QED) is 0.301. The highest BCUT2D eigenvalue weighted by molar-refractivity contribution is 5.94. The summed E-state index contributed by atoms with van der Waals surface area (Å²) in [7, 11) is 0. The highest BCUT2D eigenvalue weighted by atomic mass is 19.2. The Hall–Kier alpha value is -4.13. The van der Waals surface area contributed by atoms with E-state index in [1.54, 1.807) is 11.1 Å². The smallest absolute Gasteiger partial charge is 0.253 e. The number of amides is 1. The molecule has 1 fully saturated rings. The largest absolute Gasteiger partial charge is 0.346 e. The molecule has 3 heterocycles. The van der Waals surface area contributed by atoms with Crippen molar-refractivity contribution in [3.63, 3.8) is 0 Å². The number of benzene rings is 1. The lowest BCUT2D eigenvalue weighted by molar-refractivity contribution is 0.0476. The zero-order valence-corrected chi connectivity index (χ0v) is 21.2. The van der Waals surface area contributed by atoms with Crippen molar-refractivity contribution in [2.75, 3.05) is 13.1 Å². The zero-order valence-electron chi connectivity index (χ0n) is 21.2. The van der Waals surface area contributed by atoms with E-state index in [4.69, 9.17) is 0 Å². The second-order valence-corrected chi connectivity index (χ2v) is 10.0. The molecule has 4 aromatic rings. The molecule has 0 radical (unpaired) electrons. The number of nitrogens with zero attached hydrogens (tertiary/aromatic N) is 6. The molecule has 5 rings (SSSR count). The summed E-state index contributed by atoms with van der Waals surface area (Å²) >= 11 is 0. The van der Waals surface area contributed by atoms with Gasteiger partial charge >= 0.3 is 0 Å². The van der Waals surface area contributed by atoms with Crippen molar-refractivity contribution in [3.8, 4) is 17.3 Å². The van der Waals surface area contributed by atoms with Crippen molar-refractivity contribution < 1.29 is 13.6 Å². The number of nitrogens with one attached hydrogen (secondary N) is 1. The molecule has 0 spiro atoms. The summed E-state index contributed by atoms with van der Waals surface area (Å²) in [6.07, 6.45) is 11.6. The van der Waals surface area contributed by atoms with Crippen LogP contribution in [0, 0.1) is 28.9 Å². The van der Waals surface area contributed by atoms with E-state index in [1.807, 2.05) is 30.1 Å². The highest BCUT2D eigenvalue weighted by Gasteiger charge is 2.46. The molecule has 1 saturated carbocycles. The number of H-pyrrole nitrogens is 1. The molecule has 0 aliphatic heterocycles. The van der Waals surface area contributed by atoms with Gasteiger partial charge in [-0.05, 0) is 62.3 Å². The van der Waals surface area contributed by atoms with Crippen LogP contribution in [0.25, 0.3) is 22.3 Å². The van der Waals surface area contributed by atoms with Crippen LogP contribution in [0.4, 0.5) is 8.78 Å². The Labute approximate surface area is 219 Å². The van der Waals surface area contributed by atoms with Gasteiger partial charge in [0.25, 0.3) is 5.91 Å². The Kier molecular flexibility index (Phi) is 7.18. The van der Waals surface area contributed by atoms with Gasteiger partial charge in [-0.2, -0.15) is 10.4 Å². The van der Waals surface area contributed by atoms with Gasteiger partial charge in [0.15, 0.2) is 11.6 Å². The van der Waals surface area contributed by atoms with Gasteiger partial charge < -0.3 is 9.88 Å². The fourth-order valence-electron chi connectivity index (χ4n) is 5.55. The van der Waals surface area contributed by atoms with Crippen LogP contribution >= 0.6 is 0 Å². The second-order valence-electron chi connectivity index (χ2n) is 10.0. The Morgan fingerprint density at radius 1 is 1.24 bits per heavy atom. The molecule has 1 aromatic carbocycles. The number of carbonyl (C=O) groups excluding carboxylic acids is 1. The van der Waals surface area contributed by atoms with Crippen LogP contribution in [-0.4, -0.2) is 48.6 Å². The average molecular weight is 518 g/mol. The molecule has 196 valence electrons. The van der Waals surface area contributed by atoms with Gasteiger partial charge in [-0.25, -0.2) is 18.7 Å². The number of fused-ring (bicyclic) bond motifs is 1. The summed E-state index contributed by atoms with van der Waals surface area (Å²) in [5.74, 6) is -1.86. The van der Waals surface area contributed by atoms with Crippen molar-refractivity contribution >= 4 is 16.9 Å². The van der Waals surface area contributed by atoms with E-state index < -0.39 is 11.6 Å². The molecule has 38 heavy (non-hydrogen) atoms. The van der Waals surface area contributed by atoms with E-state index in [0.29, 0.717) is 25.4 Å². The third kappa shape index (κ3) is 4.88. The lowest BCUT2D eigenvalue weighted by atomic mass is 9.65. The number of nitriles is 1. The summed E-state index contributed by atoms with van der Waals surface area (Å²) < 4.78 is 28.9. The molecule has 3 aromatic heterocycles. The number of rotatable bonds is 10. The average Bonchev–Trinajstić information content (AvgIpc) is 3.58. The molecule has 0 unspecified atom stereocenters. The fraction of sp³-hybridized carbons (Fsp3) is 0.393. The minimum atomic E-state index is -1.02. The molecule has 1 aliphatic rings. The van der Waals surface area contributed by atoms with Crippen LogP contribution in [0.5, 0.6) is 0 Å². The van der Waals surface area contributed by atoms with Gasteiger partial charge in [0.2, 0.25) is 0 Å². The van der Waals surface area contributed by atoms with Crippen LogP contribution in [0.3, 0.4) is 0 Å². The normalized spacial score (nSPS) is 18.7. The monoisotopic (exact) mass is 517 g/mol. The minimum Gasteiger partial charge on any atom is -0.346 e. The molecule has 0 bridgehead atoms. The summed E-state index contributed by atoms with van der Waals surface area (Å²) in [5.41, 5.74) is 2.24. The van der Waals surface area contributed by atoms with Crippen molar-refractivity contribution in [1.29, 1.82) is 5.26 Å². The number of aromatic amines is 1. The number of aromatic nitrogens is 5. The van der Waals surface area contributed by atoms with E-state index in [9.17, 15) is 18.8 Å². The van der Waals surface area contributed by atoms with Gasteiger partial charge in [0, 0.05) is 42.0 Å². The summed E-state index contributed by atoms with van der Waals surface area (Å²) in [4.78, 5) is 26.4. The molecular weight excluding hydrogens is 488 g/mol. The molecule has 1 amide bonds. The maximum atomic E-state index is 13.6. The van der Waals surface area contributed by atoms with Gasteiger partial charge in [0.1, 0.15) is 12.0 Å². The highest BCUT2D eigenvalue weighted by Crippen LogP contribution is 2.48. The number of hydrogen-bond acceptors (Lipinski definition) is 5. The molecule has 1 N–H and O–H groups in total. The third-order valence-electron chi connectivity index (χ3n) is 7.43. The van der Waals surface area contributed by atoms with Crippen LogP contribution in [0.2, 0.25) is 0 Å².